The summed E-state index contributed by atoms with van der Waals surface area (Å²) in [4.78, 5) is 21.9. The van der Waals surface area contributed by atoms with Gasteiger partial charge in [0.2, 0.25) is 5.91 Å². The number of rotatable bonds is 9. The van der Waals surface area contributed by atoms with Crippen LogP contribution in [0, 0.1) is 0 Å². The normalized spacial score (nSPS) is 11.7. The Morgan fingerprint density at radius 3 is 2.70 bits per heavy atom. The molecule has 1 atom stereocenters. The number of carboxylic acids is 1. The van der Waals surface area contributed by atoms with Gasteiger partial charge in [-0.2, -0.15) is 0 Å². The Bertz CT molecular complexity index is 428. The molecule has 0 aromatic heterocycles. The number of carbonyl (C=O) groups excluding carboxylic acids is 1. The van der Waals surface area contributed by atoms with Gasteiger partial charge < -0.3 is 20.9 Å². The number of carbonyl (C=O) groups is 2. The highest BCUT2D eigenvalue weighted by Crippen LogP contribution is 2.07. The van der Waals surface area contributed by atoms with Crippen molar-refractivity contribution in [1.29, 1.82) is 0 Å². The molecule has 4 N–H and O–H groups in total. The van der Waals surface area contributed by atoms with Crippen molar-refractivity contribution in [3.05, 3.63) is 30.3 Å². The van der Waals surface area contributed by atoms with Crippen molar-refractivity contribution in [3.63, 3.8) is 0 Å². The molecule has 1 amide bonds. The number of hydrogen-bond acceptors (Lipinski definition) is 5. The zero-order chi connectivity index (χ0) is 14.8. The van der Waals surface area contributed by atoms with Crippen LogP contribution in [0.2, 0.25) is 0 Å². The van der Waals surface area contributed by atoms with Crippen molar-refractivity contribution >= 4 is 23.6 Å². The van der Waals surface area contributed by atoms with Crippen molar-refractivity contribution in [3.8, 4) is 5.75 Å². The highest BCUT2D eigenvalue weighted by Gasteiger charge is 2.11. The van der Waals surface area contributed by atoms with Crippen molar-refractivity contribution in [2.24, 2.45) is 5.73 Å². The summed E-state index contributed by atoms with van der Waals surface area (Å²) in [6, 6.07) is 8.38. The van der Waals surface area contributed by atoms with Crippen LogP contribution in [-0.4, -0.2) is 47.7 Å². The van der Waals surface area contributed by atoms with Gasteiger partial charge in [0.15, 0.2) is 0 Å². The fourth-order valence-corrected chi connectivity index (χ4v) is 2.08. The van der Waals surface area contributed by atoms with Gasteiger partial charge in [0.25, 0.3) is 0 Å². The number of thioether (sulfide) groups is 1. The molecule has 7 heteroatoms. The topological polar surface area (TPSA) is 102 Å². The number of benzene rings is 1. The second-order valence-corrected chi connectivity index (χ2v) is 5.00. The van der Waals surface area contributed by atoms with E-state index in [-0.39, 0.29) is 17.4 Å². The van der Waals surface area contributed by atoms with Gasteiger partial charge >= 0.3 is 5.97 Å². The summed E-state index contributed by atoms with van der Waals surface area (Å²) in [6.07, 6.45) is 0. The third-order valence-electron chi connectivity index (χ3n) is 2.28. The Balaban J connectivity index is 2.04. The molecule has 20 heavy (non-hydrogen) atoms. The largest absolute Gasteiger partial charge is 0.492 e. The summed E-state index contributed by atoms with van der Waals surface area (Å²) in [5.41, 5.74) is 5.32. The summed E-state index contributed by atoms with van der Waals surface area (Å²) >= 11 is 1.19. The molecule has 1 aromatic carbocycles. The van der Waals surface area contributed by atoms with Crippen molar-refractivity contribution < 1.29 is 19.4 Å². The van der Waals surface area contributed by atoms with E-state index in [4.69, 9.17) is 15.6 Å². The molecule has 0 spiro atoms. The monoisotopic (exact) mass is 298 g/mol. The zero-order valence-electron chi connectivity index (χ0n) is 11.0. The summed E-state index contributed by atoms with van der Waals surface area (Å²) in [6.45, 7) is 0.786. The molecule has 0 saturated heterocycles. The molecule has 110 valence electrons. The lowest BCUT2D eigenvalue weighted by Crippen LogP contribution is -2.34. The summed E-state index contributed by atoms with van der Waals surface area (Å²) in [7, 11) is 0. The van der Waals surface area contributed by atoms with Gasteiger partial charge in [-0.05, 0) is 12.1 Å². The van der Waals surface area contributed by atoms with Gasteiger partial charge in [0, 0.05) is 5.75 Å². The van der Waals surface area contributed by atoms with E-state index >= 15 is 0 Å². The summed E-state index contributed by atoms with van der Waals surface area (Å²) in [5, 5.41) is 11.3. The van der Waals surface area contributed by atoms with Crippen LogP contribution in [0.15, 0.2) is 30.3 Å². The molecule has 0 aliphatic heterocycles. The number of ether oxygens (including phenoxy) is 1. The molecule has 0 radical (unpaired) electrons. The van der Waals surface area contributed by atoms with E-state index in [2.05, 4.69) is 5.32 Å². The van der Waals surface area contributed by atoms with E-state index in [0.29, 0.717) is 13.2 Å². The Morgan fingerprint density at radius 1 is 1.35 bits per heavy atom. The molecule has 0 fully saturated rings. The number of carboxylic acid groups (broad SMARTS) is 1. The molecule has 0 saturated carbocycles. The van der Waals surface area contributed by atoms with E-state index in [1.54, 1.807) is 0 Å². The van der Waals surface area contributed by atoms with Crippen LogP contribution in [0.25, 0.3) is 0 Å². The zero-order valence-corrected chi connectivity index (χ0v) is 11.8. The Kier molecular flexibility index (Phi) is 7.52. The molecule has 1 aromatic rings. The summed E-state index contributed by atoms with van der Waals surface area (Å²) < 4.78 is 5.41. The average molecular weight is 298 g/mol. The van der Waals surface area contributed by atoms with Crippen molar-refractivity contribution in [2.75, 3.05) is 24.7 Å². The van der Waals surface area contributed by atoms with Gasteiger partial charge in [-0.25, -0.2) is 0 Å². The van der Waals surface area contributed by atoms with Crippen LogP contribution in [-0.2, 0) is 9.59 Å². The van der Waals surface area contributed by atoms with E-state index in [1.165, 1.54) is 11.8 Å². The van der Waals surface area contributed by atoms with Gasteiger partial charge in [-0.3, -0.25) is 9.59 Å². The van der Waals surface area contributed by atoms with Crippen molar-refractivity contribution in [2.45, 2.75) is 6.04 Å². The van der Waals surface area contributed by atoms with Gasteiger partial charge in [-0.15, -0.1) is 11.8 Å². The van der Waals surface area contributed by atoms with Gasteiger partial charge in [0.05, 0.1) is 12.3 Å². The minimum Gasteiger partial charge on any atom is -0.492 e. The van der Waals surface area contributed by atoms with Crippen molar-refractivity contribution in [1.82, 2.24) is 5.32 Å². The maximum Gasteiger partial charge on any atom is 0.321 e. The molecule has 6 nitrogen and oxygen atoms in total. The average Bonchev–Trinajstić information content (AvgIpc) is 2.44. The first kappa shape index (κ1) is 16.3. The molecule has 0 aliphatic carbocycles. The standard InChI is InChI=1S/C13H18N2O4S/c14-11(13(17)18)8-20-9-12(16)15-6-7-19-10-4-2-1-3-5-10/h1-5,11H,6-9,14H2,(H,15,16)(H,17,18). The number of nitrogens with one attached hydrogen (secondary N) is 1. The van der Waals surface area contributed by atoms with Crippen LogP contribution < -0.4 is 15.8 Å². The van der Waals surface area contributed by atoms with Crippen LogP contribution >= 0.6 is 11.8 Å². The Hall–Kier alpha value is -1.73. The lowest BCUT2D eigenvalue weighted by molar-refractivity contribution is -0.138. The van der Waals surface area contributed by atoms with Gasteiger partial charge in [0.1, 0.15) is 18.4 Å². The number of nitrogens with two attached hydrogens (primary N) is 1. The predicted molar refractivity (Wildman–Crippen MR) is 77.9 cm³/mol. The molecule has 1 unspecified atom stereocenters. The third-order valence-corrected chi connectivity index (χ3v) is 3.35. The molecular formula is C13H18N2O4S. The second kappa shape index (κ2) is 9.22. The minimum absolute atomic E-state index is 0.163. The second-order valence-electron chi connectivity index (χ2n) is 3.97. The number of hydrogen-bond donors (Lipinski definition) is 3. The van der Waals surface area contributed by atoms with E-state index < -0.39 is 12.0 Å². The fourth-order valence-electron chi connectivity index (χ4n) is 1.28. The first-order valence-electron chi connectivity index (χ1n) is 6.10. The molecule has 0 bridgehead atoms. The quantitative estimate of drug-likeness (QED) is 0.568. The predicted octanol–water partition coefficient (Wildman–Crippen LogP) is 0.327. The molecule has 0 heterocycles. The lowest BCUT2D eigenvalue weighted by atomic mass is 10.3. The van der Waals surface area contributed by atoms with Crippen LogP contribution in [0.3, 0.4) is 0 Å². The minimum atomic E-state index is -1.06. The Morgan fingerprint density at radius 2 is 2.05 bits per heavy atom. The molecule has 1 rings (SSSR count). The smallest absolute Gasteiger partial charge is 0.321 e. The molecule has 0 aliphatic rings. The van der Waals surface area contributed by atoms with Gasteiger partial charge in [-0.1, -0.05) is 18.2 Å². The third kappa shape index (κ3) is 7.01. The van der Waals surface area contributed by atoms with Crippen LogP contribution in [0.1, 0.15) is 0 Å². The van der Waals surface area contributed by atoms with Crippen LogP contribution in [0.4, 0.5) is 0 Å². The maximum atomic E-state index is 11.4. The SMILES string of the molecule is NC(CSCC(=O)NCCOc1ccccc1)C(=O)O. The number of para-hydroxylation sites is 1. The lowest BCUT2D eigenvalue weighted by Gasteiger charge is -2.08. The van der Waals surface area contributed by atoms with E-state index in [9.17, 15) is 9.59 Å². The number of aliphatic carboxylic acids is 1. The fraction of sp³-hybridized carbons (Fsp3) is 0.385. The summed E-state index contributed by atoms with van der Waals surface area (Å²) in [5.74, 6) is -0.0720. The van der Waals surface area contributed by atoms with E-state index in [0.717, 1.165) is 5.75 Å². The first-order valence-corrected chi connectivity index (χ1v) is 7.25. The Labute approximate surface area is 121 Å². The van der Waals surface area contributed by atoms with E-state index in [1.807, 2.05) is 30.3 Å². The number of amides is 1. The molecular weight excluding hydrogens is 280 g/mol. The highest BCUT2D eigenvalue weighted by molar-refractivity contribution is 8.00. The highest BCUT2D eigenvalue weighted by atomic mass is 32.2. The van der Waals surface area contributed by atoms with Crippen LogP contribution in [0.5, 0.6) is 5.75 Å². The maximum absolute atomic E-state index is 11.4. The first-order chi connectivity index (χ1) is 9.59.